The van der Waals surface area contributed by atoms with Crippen LogP contribution in [0.3, 0.4) is 0 Å². The minimum absolute atomic E-state index is 0.00360. The summed E-state index contributed by atoms with van der Waals surface area (Å²) in [6.07, 6.45) is -4.41. The van der Waals surface area contributed by atoms with Crippen molar-refractivity contribution >= 4 is 5.95 Å². The van der Waals surface area contributed by atoms with Gasteiger partial charge >= 0.3 is 6.18 Å². The Morgan fingerprint density at radius 1 is 1.10 bits per heavy atom. The van der Waals surface area contributed by atoms with Gasteiger partial charge in [0.25, 0.3) is 0 Å². The van der Waals surface area contributed by atoms with Crippen LogP contribution in [0.25, 0.3) is 11.4 Å². The smallest absolute Gasteiger partial charge is 0.368 e. The van der Waals surface area contributed by atoms with Crippen LogP contribution in [0.5, 0.6) is 0 Å². The molecule has 1 aromatic carbocycles. The molecule has 0 unspecified atom stereocenters. The summed E-state index contributed by atoms with van der Waals surface area (Å²) in [5.74, 6) is 0.596. The minimum Gasteiger partial charge on any atom is -0.368 e. The van der Waals surface area contributed by atoms with Crippen molar-refractivity contribution in [3.8, 4) is 11.4 Å². The topological polar surface area (TPSA) is 64.7 Å². The van der Waals surface area contributed by atoms with Crippen LogP contribution in [0, 0.1) is 0 Å². The lowest BCUT2D eigenvalue weighted by atomic mass is 10.1. The highest BCUT2D eigenvalue weighted by atomic mass is 19.4. The summed E-state index contributed by atoms with van der Waals surface area (Å²) < 4.78 is 38.1. The third-order valence-corrected chi connectivity index (χ3v) is 2.63. The monoisotopic (exact) mass is 282 g/mol. The molecule has 0 bridgehead atoms. The largest absolute Gasteiger partial charge is 0.416 e. The van der Waals surface area contributed by atoms with Crippen molar-refractivity contribution in [2.75, 3.05) is 5.73 Å². The van der Waals surface area contributed by atoms with Crippen molar-refractivity contribution < 1.29 is 13.2 Å². The van der Waals surface area contributed by atoms with E-state index >= 15 is 0 Å². The Bertz CT molecular complexity index is 623. The van der Waals surface area contributed by atoms with Gasteiger partial charge in [0.15, 0.2) is 5.82 Å². The van der Waals surface area contributed by atoms with E-state index in [1.54, 1.807) is 0 Å². The van der Waals surface area contributed by atoms with Gasteiger partial charge in [0.2, 0.25) is 5.95 Å². The summed E-state index contributed by atoms with van der Waals surface area (Å²) in [5, 5.41) is 0. The van der Waals surface area contributed by atoms with E-state index in [4.69, 9.17) is 5.73 Å². The summed E-state index contributed by atoms with van der Waals surface area (Å²) >= 11 is 0. The number of nitrogens with two attached hydrogens (primary N) is 1. The van der Waals surface area contributed by atoms with E-state index in [1.165, 1.54) is 12.1 Å². The number of rotatable bonds is 2. The Morgan fingerprint density at radius 2 is 1.80 bits per heavy atom. The lowest BCUT2D eigenvalue weighted by Crippen LogP contribution is -2.08. The standard InChI is InChI=1S/C13H13F3N4/c1-7(2)10-18-11(20-12(17)19-10)8-4-3-5-9(6-8)13(14,15)16/h3-7H,1-2H3,(H2,17,18,19,20). The molecule has 106 valence electrons. The molecule has 0 radical (unpaired) electrons. The maximum atomic E-state index is 12.7. The molecule has 2 rings (SSSR count). The quantitative estimate of drug-likeness (QED) is 0.918. The number of anilines is 1. The molecular formula is C13H13F3N4. The second-order valence-corrected chi connectivity index (χ2v) is 4.61. The fourth-order valence-electron chi connectivity index (χ4n) is 1.63. The zero-order chi connectivity index (χ0) is 14.9. The predicted octanol–water partition coefficient (Wildman–Crippen LogP) is 3.26. The number of halogens is 3. The van der Waals surface area contributed by atoms with E-state index in [1.807, 2.05) is 13.8 Å². The number of nitrogen functional groups attached to an aromatic ring is 1. The molecule has 20 heavy (non-hydrogen) atoms. The average molecular weight is 282 g/mol. The normalized spacial score (nSPS) is 11.9. The van der Waals surface area contributed by atoms with E-state index in [2.05, 4.69) is 15.0 Å². The number of benzene rings is 1. The first-order valence-electron chi connectivity index (χ1n) is 5.96. The Balaban J connectivity index is 2.51. The van der Waals surface area contributed by atoms with Gasteiger partial charge in [-0.1, -0.05) is 26.0 Å². The first-order chi connectivity index (χ1) is 9.27. The maximum absolute atomic E-state index is 12.7. The summed E-state index contributed by atoms with van der Waals surface area (Å²) in [6, 6.07) is 4.82. The number of hydrogen-bond donors (Lipinski definition) is 1. The van der Waals surface area contributed by atoms with Crippen molar-refractivity contribution in [1.29, 1.82) is 0 Å². The van der Waals surface area contributed by atoms with Crippen LogP contribution in [0.1, 0.15) is 31.2 Å². The SMILES string of the molecule is CC(C)c1nc(N)nc(-c2cccc(C(F)(F)F)c2)n1. The van der Waals surface area contributed by atoms with E-state index in [0.717, 1.165) is 12.1 Å². The first-order valence-corrected chi connectivity index (χ1v) is 5.96. The molecule has 0 spiro atoms. The zero-order valence-corrected chi connectivity index (χ0v) is 10.9. The fraction of sp³-hybridized carbons (Fsp3) is 0.308. The van der Waals surface area contributed by atoms with Crippen molar-refractivity contribution in [3.05, 3.63) is 35.7 Å². The van der Waals surface area contributed by atoms with Gasteiger partial charge in [-0.15, -0.1) is 0 Å². The van der Waals surface area contributed by atoms with Gasteiger partial charge in [-0.05, 0) is 12.1 Å². The maximum Gasteiger partial charge on any atom is 0.416 e. The molecule has 0 fully saturated rings. The molecule has 0 aliphatic rings. The molecule has 1 heterocycles. The molecule has 4 nitrogen and oxygen atoms in total. The fourth-order valence-corrected chi connectivity index (χ4v) is 1.63. The third-order valence-electron chi connectivity index (χ3n) is 2.63. The number of hydrogen-bond acceptors (Lipinski definition) is 4. The van der Waals surface area contributed by atoms with Crippen LogP contribution in [-0.4, -0.2) is 15.0 Å². The van der Waals surface area contributed by atoms with Crippen LogP contribution >= 0.6 is 0 Å². The summed E-state index contributed by atoms with van der Waals surface area (Å²) in [5.41, 5.74) is 5.08. The minimum atomic E-state index is -4.41. The van der Waals surface area contributed by atoms with Crippen LogP contribution in [0.2, 0.25) is 0 Å². The zero-order valence-electron chi connectivity index (χ0n) is 10.9. The Labute approximate surface area is 113 Å². The molecule has 0 aliphatic carbocycles. The summed E-state index contributed by atoms with van der Waals surface area (Å²) in [7, 11) is 0. The molecule has 0 aliphatic heterocycles. The Morgan fingerprint density at radius 3 is 2.40 bits per heavy atom. The highest BCUT2D eigenvalue weighted by Gasteiger charge is 2.30. The lowest BCUT2D eigenvalue weighted by Gasteiger charge is -2.10. The van der Waals surface area contributed by atoms with Crippen LogP contribution in [0.15, 0.2) is 24.3 Å². The van der Waals surface area contributed by atoms with Crippen LogP contribution in [-0.2, 0) is 6.18 Å². The average Bonchev–Trinajstić information content (AvgIpc) is 2.37. The van der Waals surface area contributed by atoms with Gasteiger partial charge in [0.1, 0.15) is 5.82 Å². The van der Waals surface area contributed by atoms with Crippen molar-refractivity contribution in [2.24, 2.45) is 0 Å². The first kappa shape index (κ1) is 14.2. The molecule has 2 N–H and O–H groups in total. The van der Waals surface area contributed by atoms with Crippen molar-refractivity contribution in [1.82, 2.24) is 15.0 Å². The van der Waals surface area contributed by atoms with Gasteiger partial charge in [0, 0.05) is 11.5 Å². The van der Waals surface area contributed by atoms with Crippen LogP contribution < -0.4 is 5.73 Å². The second kappa shape index (κ2) is 5.07. The molecule has 2 aromatic rings. The molecule has 0 saturated heterocycles. The van der Waals surface area contributed by atoms with Gasteiger partial charge in [-0.25, -0.2) is 4.98 Å². The highest BCUT2D eigenvalue weighted by molar-refractivity contribution is 5.57. The summed E-state index contributed by atoms with van der Waals surface area (Å²) in [6.45, 7) is 3.73. The Kier molecular flexibility index (Phi) is 3.61. The molecule has 0 amide bonds. The van der Waals surface area contributed by atoms with Gasteiger partial charge in [0.05, 0.1) is 5.56 Å². The van der Waals surface area contributed by atoms with Gasteiger partial charge in [-0.2, -0.15) is 23.1 Å². The molecule has 0 atom stereocenters. The molecule has 0 saturated carbocycles. The number of alkyl halides is 3. The lowest BCUT2D eigenvalue weighted by molar-refractivity contribution is -0.137. The van der Waals surface area contributed by atoms with E-state index < -0.39 is 11.7 Å². The number of nitrogens with zero attached hydrogens (tertiary/aromatic N) is 3. The third kappa shape index (κ3) is 3.04. The van der Waals surface area contributed by atoms with Crippen molar-refractivity contribution in [2.45, 2.75) is 25.9 Å². The van der Waals surface area contributed by atoms with Gasteiger partial charge in [-0.3, -0.25) is 0 Å². The molecule has 7 heteroatoms. The van der Waals surface area contributed by atoms with Crippen LogP contribution in [0.4, 0.5) is 19.1 Å². The Hall–Kier alpha value is -2.18. The van der Waals surface area contributed by atoms with E-state index in [9.17, 15) is 13.2 Å². The van der Waals surface area contributed by atoms with Gasteiger partial charge < -0.3 is 5.73 Å². The highest BCUT2D eigenvalue weighted by Crippen LogP contribution is 2.31. The molecular weight excluding hydrogens is 269 g/mol. The number of aromatic nitrogens is 3. The van der Waals surface area contributed by atoms with Crippen molar-refractivity contribution in [3.63, 3.8) is 0 Å². The van der Waals surface area contributed by atoms with E-state index in [-0.39, 0.29) is 23.3 Å². The summed E-state index contributed by atoms with van der Waals surface area (Å²) in [4.78, 5) is 12.0. The van der Waals surface area contributed by atoms with E-state index in [0.29, 0.717) is 5.82 Å². The predicted molar refractivity (Wildman–Crippen MR) is 68.8 cm³/mol. The second-order valence-electron chi connectivity index (χ2n) is 4.61. The molecule has 1 aromatic heterocycles.